The molecule has 90 valence electrons. The van der Waals surface area contributed by atoms with Gasteiger partial charge < -0.3 is 10.5 Å². The molecule has 2 heterocycles. The molecule has 1 saturated heterocycles. The molecule has 2 N–H and O–H groups in total. The zero-order valence-corrected chi connectivity index (χ0v) is 9.98. The summed E-state index contributed by atoms with van der Waals surface area (Å²) in [6, 6.07) is 0. The maximum Gasteiger partial charge on any atom is 0.0994 e. The van der Waals surface area contributed by atoms with Gasteiger partial charge in [-0.2, -0.15) is 5.10 Å². The Morgan fingerprint density at radius 3 is 3.12 bits per heavy atom. The van der Waals surface area contributed by atoms with E-state index in [-0.39, 0.29) is 6.10 Å². The molecule has 0 radical (unpaired) electrons. The molecule has 4 nitrogen and oxygen atoms in total. The first-order valence-corrected chi connectivity index (χ1v) is 6.15. The van der Waals surface area contributed by atoms with E-state index >= 15 is 0 Å². The summed E-state index contributed by atoms with van der Waals surface area (Å²) < 4.78 is 7.79. The number of aryl methyl sites for hydroxylation is 2. The van der Waals surface area contributed by atoms with Gasteiger partial charge in [0.25, 0.3) is 0 Å². The van der Waals surface area contributed by atoms with Gasteiger partial charge in [0.1, 0.15) is 0 Å². The number of hydrogen-bond donors (Lipinski definition) is 1. The zero-order chi connectivity index (χ0) is 11.4. The summed E-state index contributed by atoms with van der Waals surface area (Å²) in [5.41, 5.74) is 8.12. The average molecular weight is 223 g/mol. The van der Waals surface area contributed by atoms with E-state index in [9.17, 15) is 0 Å². The van der Waals surface area contributed by atoms with Crippen LogP contribution < -0.4 is 5.73 Å². The van der Waals surface area contributed by atoms with Gasteiger partial charge in [-0.05, 0) is 44.2 Å². The van der Waals surface area contributed by atoms with E-state index in [1.165, 1.54) is 24.1 Å². The monoisotopic (exact) mass is 223 g/mol. The van der Waals surface area contributed by atoms with Gasteiger partial charge in [0.05, 0.1) is 18.0 Å². The van der Waals surface area contributed by atoms with Crippen LogP contribution in [0, 0.1) is 0 Å². The molecule has 0 aromatic carbocycles. The van der Waals surface area contributed by atoms with Crippen molar-refractivity contribution in [2.24, 2.45) is 12.8 Å². The van der Waals surface area contributed by atoms with E-state index in [1.54, 1.807) is 0 Å². The van der Waals surface area contributed by atoms with Gasteiger partial charge in [-0.15, -0.1) is 0 Å². The highest BCUT2D eigenvalue weighted by molar-refractivity contribution is 5.20. The van der Waals surface area contributed by atoms with Crippen LogP contribution in [0.25, 0.3) is 0 Å². The van der Waals surface area contributed by atoms with Crippen LogP contribution in [0.2, 0.25) is 0 Å². The fraction of sp³-hybridized carbons (Fsp3) is 0.750. The summed E-state index contributed by atoms with van der Waals surface area (Å²) >= 11 is 0. The van der Waals surface area contributed by atoms with Crippen LogP contribution in [0.1, 0.15) is 43.0 Å². The van der Waals surface area contributed by atoms with Crippen LogP contribution in [-0.4, -0.2) is 22.9 Å². The molecule has 0 amide bonds. The Morgan fingerprint density at radius 2 is 2.44 bits per heavy atom. The molecule has 0 spiro atoms. The Morgan fingerprint density at radius 1 is 1.56 bits per heavy atom. The van der Waals surface area contributed by atoms with Crippen molar-refractivity contribution in [3.8, 4) is 0 Å². The quantitative estimate of drug-likeness (QED) is 0.842. The van der Waals surface area contributed by atoms with E-state index in [2.05, 4.69) is 5.10 Å². The van der Waals surface area contributed by atoms with Crippen LogP contribution >= 0.6 is 0 Å². The maximum atomic E-state index is 5.83. The summed E-state index contributed by atoms with van der Waals surface area (Å²) in [4.78, 5) is 0. The van der Waals surface area contributed by atoms with Gasteiger partial charge in [-0.1, -0.05) is 0 Å². The van der Waals surface area contributed by atoms with Crippen molar-refractivity contribution in [1.29, 1.82) is 0 Å². The van der Waals surface area contributed by atoms with Gasteiger partial charge in [0, 0.05) is 13.7 Å². The molecular formula is C12H21N3O. The Labute approximate surface area is 96.8 Å². The van der Waals surface area contributed by atoms with Crippen molar-refractivity contribution < 1.29 is 4.74 Å². The summed E-state index contributed by atoms with van der Waals surface area (Å²) in [7, 11) is 2.00. The number of hydrogen-bond acceptors (Lipinski definition) is 3. The van der Waals surface area contributed by atoms with Crippen molar-refractivity contribution in [3.05, 3.63) is 17.5 Å². The van der Waals surface area contributed by atoms with Gasteiger partial charge >= 0.3 is 0 Å². The predicted octanol–water partition coefficient (Wildman–Crippen LogP) is 1.55. The summed E-state index contributed by atoms with van der Waals surface area (Å²) in [5, 5.41) is 4.34. The van der Waals surface area contributed by atoms with E-state index < -0.39 is 0 Å². The predicted molar refractivity (Wildman–Crippen MR) is 63.1 cm³/mol. The number of nitrogens with zero attached hydrogens (tertiary/aromatic N) is 2. The largest absolute Gasteiger partial charge is 0.372 e. The summed E-state index contributed by atoms with van der Waals surface area (Å²) in [6.07, 6.45) is 7.80. The third kappa shape index (κ3) is 2.44. The van der Waals surface area contributed by atoms with Gasteiger partial charge in [-0.25, -0.2) is 0 Å². The Balaban J connectivity index is 2.13. The third-order valence-corrected chi connectivity index (χ3v) is 3.20. The molecule has 0 bridgehead atoms. The lowest BCUT2D eigenvalue weighted by molar-refractivity contribution is 0.00952. The molecular weight excluding hydrogens is 202 g/mol. The van der Waals surface area contributed by atoms with Crippen LogP contribution in [0.4, 0.5) is 0 Å². The molecule has 1 aliphatic rings. The molecule has 16 heavy (non-hydrogen) atoms. The van der Waals surface area contributed by atoms with E-state index in [0.29, 0.717) is 0 Å². The molecule has 1 fully saturated rings. The van der Waals surface area contributed by atoms with E-state index in [4.69, 9.17) is 10.5 Å². The molecule has 0 saturated carbocycles. The van der Waals surface area contributed by atoms with Crippen molar-refractivity contribution in [1.82, 2.24) is 9.78 Å². The zero-order valence-electron chi connectivity index (χ0n) is 9.98. The number of rotatable bonds is 4. The second-order valence-corrected chi connectivity index (χ2v) is 4.43. The first-order chi connectivity index (χ1) is 7.83. The molecule has 1 aliphatic heterocycles. The molecule has 4 heteroatoms. The minimum atomic E-state index is 0.244. The van der Waals surface area contributed by atoms with Crippen LogP contribution in [0.15, 0.2) is 6.20 Å². The SMILES string of the molecule is Cn1ncc(CCCN)c1C1CCCCO1. The van der Waals surface area contributed by atoms with Crippen LogP contribution in [0.5, 0.6) is 0 Å². The van der Waals surface area contributed by atoms with Crippen molar-refractivity contribution in [3.63, 3.8) is 0 Å². The lowest BCUT2D eigenvalue weighted by atomic mass is 10.0. The summed E-state index contributed by atoms with van der Waals surface area (Å²) in [5.74, 6) is 0. The molecule has 1 aromatic heterocycles. The molecule has 1 atom stereocenters. The first-order valence-electron chi connectivity index (χ1n) is 6.15. The lowest BCUT2D eigenvalue weighted by Gasteiger charge is -2.24. The molecule has 2 rings (SSSR count). The smallest absolute Gasteiger partial charge is 0.0994 e. The minimum absolute atomic E-state index is 0.244. The topological polar surface area (TPSA) is 53.1 Å². The first kappa shape index (κ1) is 11.6. The van der Waals surface area contributed by atoms with Crippen molar-refractivity contribution >= 4 is 0 Å². The van der Waals surface area contributed by atoms with Crippen molar-refractivity contribution in [2.45, 2.75) is 38.2 Å². The Kier molecular flexibility index (Phi) is 3.96. The van der Waals surface area contributed by atoms with E-state index in [0.717, 1.165) is 32.4 Å². The third-order valence-electron chi connectivity index (χ3n) is 3.20. The normalized spacial score (nSPS) is 21.2. The molecule has 1 aromatic rings. The highest BCUT2D eigenvalue weighted by Gasteiger charge is 2.22. The van der Waals surface area contributed by atoms with Crippen LogP contribution in [0.3, 0.4) is 0 Å². The van der Waals surface area contributed by atoms with Gasteiger partial charge in [0.15, 0.2) is 0 Å². The number of nitrogens with two attached hydrogens (primary N) is 1. The summed E-state index contributed by atoms with van der Waals surface area (Å²) in [6.45, 7) is 1.62. The lowest BCUT2D eigenvalue weighted by Crippen LogP contribution is -2.16. The van der Waals surface area contributed by atoms with Crippen molar-refractivity contribution in [2.75, 3.05) is 13.2 Å². The highest BCUT2D eigenvalue weighted by Crippen LogP contribution is 2.30. The number of ether oxygens (including phenoxy) is 1. The average Bonchev–Trinajstić information content (AvgIpc) is 2.69. The molecule has 1 unspecified atom stereocenters. The Hall–Kier alpha value is -0.870. The van der Waals surface area contributed by atoms with Crippen LogP contribution in [-0.2, 0) is 18.2 Å². The standard InChI is InChI=1S/C12H21N3O/c1-15-12(11-6-2-3-8-16-11)10(9-14-15)5-4-7-13/h9,11H,2-8,13H2,1H3. The maximum absolute atomic E-state index is 5.83. The van der Waals surface area contributed by atoms with Gasteiger partial charge in [0.2, 0.25) is 0 Å². The van der Waals surface area contributed by atoms with E-state index in [1.807, 2.05) is 17.9 Å². The second kappa shape index (κ2) is 5.46. The fourth-order valence-corrected chi connectivity index (χ4v) is 2.35. The highest BCUT2D eigenvalue weighted by atomic mass is 16.5. The fourth-order valence-electron chi connectivity index (χ4n) is 2.35. The van der Waals surface area contributed by atoms with Gasteiger partial charge in [-0.3, -0.25) is 4.68 Å². The second-order valence-electron chi connectivity index (χ2n) is 4.43. The number of aromatic nitrogens is 2. The Bertz CT molecular complexity index is 329. The molecule has 0 aliphatic carbocycles. The minimum Gasteiger partial charge on any atom is -0.372 e.